The van der Waals surface area contributed by atoms with Crippen LogP contribution >= 0.6 is 11.3 Å². The summed E-state index contributed by atoms with van der Waals surface area (Å²) in [6, 6.07) is 10.6. The molecule has 23 heavy (non-hydrogen) atoms. The minimum Gasteiger partial charge on any atom is -0.384 e. The highest BCUT2D eigenvalue weighted by atomic mass is 32.1. The van der Waals surface area contributed by atoms with Crippen LogP contribution in [0.1, 0.15) is 28.3 Å². The van der Waals surface area contributed by atoms with E-state index in [1.807, 2.05) is 17.5 Å². The first-order chi connectivity index (χ1) is 11.1. The van der Waals surface area contributed by atoms with E-state index in [0.717, 1.165) is 18.0 Å². The predicted molar refractivity (Wildman–Crippen MR) is 99.6 cm³/mol. The zero-order valence-electron chi connectivity index (χ0n) is 13.7. The molecule has 1 atom stereocenters. The number of hydrogen-bond donors (Lipinski definition) is 2. The Morgan fingerprint density at radius 1 is 1.39 bits per heavy atom. The highest BCUT2D eigenvalue weighted by Gasteiger charge is 2.22. The van der Waals surface area contributed by atoms with Crippen molar-refractivity contribution in [1.29, 1.82) is 0 Å². The minimum atomic E-state index is 0.589. The van der Waals surface area contributed by atoms with E-state index >= 15 is 0 Å². The van der Waals surface area contributed by atoms with Crippen molar-refractivity contribution in [3.63, 3.8) is 0 Å². The molecule has 0 spiro atoms. The molecule has 1 aliphatic rings. The molecule has 0 saturated heterocycles. The van der Waals surface area contributed by atoms with Crippen LogP contribution < -0.4 is 11.1 Å². The van der Waals surface area contributed by atoms with E-state index in [1.54, 1.807) is 11.3 Å². The van der Waals surface area contributed by atoms with Crippen LogP contribution in [0.15, 0.2) is 40.7 Å². The number of nitrogens with one attached hydrogen (secondary N) is 1. The van der Waals surface area contributed by atoms with Gasteiger partial charge in [0.2, 0.25) is 0 Å². The average Bonchev–Trinajstić information content (AvgIpc) is 3.20. The van der Waals surface area contributed by atoms with Crippen molar-refractivity contribution in [3.8, 4) is 0 Å². The van der Waals surface area contributed by atoms with Crippen LogP contribution in [0.3, 0.4) is 0 Å². The van der Waals surface area contributed by atoms with Crippen molar-refractivity contribution >= 4 is 22.9 Å². The molecule has 3 N–H and O–H groups in total. The number of hydrogen-bond acceptors (Lipinski definition) is 4. The van der Waals surface area contributed by atoms with E-state index in [1.165, 1.54) is 23.2 Å². The fourth-order valence-corrected chi connectivity index (χ4v) is 3.55. The molecule has 122 valence electrons. The van der Waals surface area contributed by atoms with Crippen LogP contribution in [0, 0.1) is 0 Å². The van der Waals surface area contributed by atoms with Gasteiger partial charge in [-0.3, -0.25) is 4.99 Å². The monoisotopic (exact) mass is 328 g/mol. The third-order valence-corrected chi connectivity index (χ3v) is 5.12. The molecule has 0 amide bonds. The Labute approximate surface area is 142 Å². The number of nitrogens with zero attached hydrogens (tertiary/aromatic N) is 2. The first kappa shape index (κ1) is 16.0. The van der Waals surface area contributed by atoms with Gasteiger partial charge in [-0.1, -0.05) is 18.2 Å². The lowest BCUT2D eigenvalue weighted by molar-refractivity contribution is 0.386. The first-order valence-electron chi connectivity index (χ1n) is 7.98. The molecule has 5 heteroatoms. The maximum Gasteiger partial charge on any atom is 0.136 e. The quantitative estimate of drug-likeness (QED) is 0.633. The summed E-state index contributed by atoms with van der Waals surface area (Å²) in [5.41, 5.74) is 9.97. The number of aliphatic imine (C=N–C) groups is 1. The second-order valence-corrected chi connectivity index (χ2v) is 7.22. The van der Waals surface area contributed by atoms with Crippen LogP contribution in [0.5, 0.6) is 0 Å². The summed E-state index contributed by atoms with van der Waals surface area (Å²) in [5, 5.41) is 5.53. The molecule has 1 aliphatic heterocycles. The van der Waals surface area contributed by atoms with Crippen LogP contribution in [0.2, 0.25) is 0 Å². The van der Waals surface area contributed by atoms with Gasteiger partial charge in [-0.05, 0) is 55.7 Å². The average molecular weight is 328 g/mol. The van der Waals surface area contributed by atoms with Gasteiger partial charge in [-0.2, -0.15) is 0 Å². The van der Waals surface area contributed by atoms with Gasteiger partial charge in [0.1, 0.15) is 5.84 Å². The molecule has 4 nitrogen and oxygen atoms in total. The zero-order valence-corrected chi connectivity index (χ0v) is 14.6. The standard InChI is InChI=1S/C18H24N4S/c1-22(2)8-7-14-12-20-16-6-5-13(10-15(14)16)11-21-18(19)17-4-3-9-23-17/h3-6,9-10,14,20H,7-8,11-12H2,1-2H3,(H2,19,21). The Bertz CT molecular complexity index is 676. The molecule has 1 aromatic carbocycles. The SMILES string of the molecule is CN(C)CCC1CNc2ccc(CN=C(N)c3cccs3)cc21. The Morgan fingerprint density at radius 3 is 3.00 bits per heavy atom. The summed E-state index contributed by atoms with van der Waals surface area (Å²) >= 11 is 1.63. The van der Waals surface area contributed by atoms with Crippen molar-refractivity contribution in [1.82, 2.24) is 4.90 Å². The van der Waals surface area contributed by atoms with E-state index in [0.29, 0.717) is 18.3 Å². The normalized spacial score (nSPS) is 17.3. The third-order valence-electron chi connectivity index (χ3n) is 4.23. The Morgan fingerprint density at radius 2 is 2.26 bits per heavy atom. The Hall–Kier alpha value is -1.85. The van der Waals surface area contributed by atoms with Gasteiger partial charge < -0.3 is 16.0 Å². The number of amidine groups is 1. The summed E-state index contributed by atoms with van der Waals surface area (Å²) < 4.78 is 0. The molecule has 0 radical (unpaired) electrons. The van der Waals surface area contributed by atoms with Gasteiger partial charge in [0, 0.05) is 18.2 Å². The highest BCUT2D eigenvalue weighted by Crippen LogP contribution is 2.34. The van der Waals surface area contributed by atoms with Gasteiger partial charge in [-0.25, -0.2) is 0 Å². The van der Waals surface area contributed by atoms with Crippen LogP contribution in [-0.4, -0.2) is 37.9 Å². The van der Waals surface area contributed by atoms with Gasteiger partial charge >= 0.3 is 0 Å². The molecule has 1 aromatic heterocycles. The van der Waals surface area contributed by atoms with Gasteiger partial charge in [0.15, 0.2) is 0 Å². The number of anilines is 1. The Balaban J connectivity index is 1.70. The molecule has 0 fully saturated rings. The molecule has 0 aliphatic carbocycles. The van der Waals surface area contributed by atoms with Crippen LogP contribution in [0.25, 0.3) is 0 Å². The van der Waals surface area contributed by atoms with E-state index in [4.69, 9.17) is 5.73 Å². The molecular formula is C18H24N4S. The van der Waals surface area contributed by atoms with Crippen molar-refractivity contribution in [2.75, 3.05) is 32.5 Å². The summed E-state index contributed by atoms with van der Waals surface area (Å²) in [6.45, 7) is 2.78. The van der Waals surface area contributed by atoms with Gasteiger partial charge in [-0.15, -0.1) is 11.3 Å². The summed E-state index contributed by atoms with van der Waals surface area (Å²) in [4.78, 5) is 7.82. The lowest BCUT2D eigenvalue weighted by atomic mass is 9.96. The molecule has 0 saturated carbocycles. The van der Waals surface area contributed by atoms with Crippen LogP contribution in [0.4, 0.5) is 5.69 Å². The van der Waals surface area contributed by atoms with Crippen LogP contribution in [-0.2, 0) is 6.54 Å². The number of thiophene rings is 1. The second kappa shape index (κ2) is 7.15. The van der Waals surface area contributed by atoms with E-state index in [9.17, 15) is 0 Å². The topological polar surface area (TPSA) is 53.6 Å². The highest BCUT2D eigenvalue weighted by molar-refractivity contribution is 7.12. The van der Waals surface area contributed by atoms with Crippen molar-refractivity contribution < 1.29 is 0 Å². The third kappa shape index (κ3) is 3.92. The van der Waals surface area contributed by atoms with Crippen molar-refractivity contribution in [2.24, 2.45) is 10.7 Å². The van der Waals surface area contributed by atoms with Crippen molar-refractivity contribution in [2.45, 2.75) is 18.9 Å². The molecule has 1 unspecified atom stereocenters. The summed E-state index contributed by atoms with van der Waals surface area (Å²) in [6.07, 6.45) is 1.18. The Kier molecular flexibility index (Phi) is 4.98. The summed E-state index contributed by atoms with van der Waals surface area (Å²) in [7, 11) is 4.25. The number of fused-ring (bicyclic) bond motifs is 1. The fourth-order valence-electron chi connectivity index (χ4n) is 2.90. The second-order valence-electron chi connectivity index (χ2n) is 6.27. The molecule has 3 rings (SSSR count). The number of benzene rings is 1. The number of nitrogens with two attached hydrogens (primary N) is 1. The maximum atomic E-state index is 6.05. The van der Waals surface area contributed by atoms with E-state index in [2.05, 4.69) is 47.5 Å². The molecule has 2 aromatic rings. The first-order valence-corrected chi connectivity index (χ1v) is 8.86. The van der Waals surface area contributed by atoms with E-state index in [-0.39, 0.29) is 0 Å². The maximum absolute atomic E-state index is 6.05. The number of rotatable bonds is 6. The van der Waals surface area contributed by atoms with Gasteiger partial charge in [0.25, 0.3) is 0 Å². The summed E-state index contributed by atoms with van der Waals surface area (Å²) in [5.74, 6) is 1.22. The van der Waals surface area contributed by atoms with Crippen molar-refractivity contribution in [3.05, 3.63) is 51.7 Å². The smallest absolute Gasteiger partial charge is 0.136 e. The minimum absolute atomic E-state index is 0.589. The fraction of sp³-hybridized carbons (Fsp3) is 0.389. The molecule has 0 bridgehead atoms. The molecular weight excluding hydrogens is 304 g/mol. The predicted octanol–water partition coefficient (Wildman–Crippen LogP) is 3.11. The van der Waals surface area contributed by atoms with E-state index < -0.39 is 0 Å². The lowest BCUT2D eigenvalue weighted by Gasteiger charge is -2.14. The molecule has 2 heterocycles. The zero-order chi connectivity index (χ0) is 16.2. The van der Waals surface area contributed by atoms with Gasteiger partial charge in [0.05, 0.1) is 11.4 Å². The lowest BCUT2D eigenvalue weighted by Crippen LogP contribution is -2.16. The largest absolute Gasteiger partial charge is 0.384 e.